The molecule has 0 bridgehead atoms. The fourth-order valence-corrected chi connectivity index (χ4v) is 3.79. The number of pyridine rings is 2. The second-order valence-corrected chi connectivity index (χ2v) is 7.69. The summed E-state index contributed by atoms with van der Waals surface area (Å²) in [4.78, 5) is 14.0. The van der Waals surface area contributed by atoms with Gasteiger partial charge in [-0.05, 0) is 42.2 Å². The SMILES string of the molecule is CCSc1cc(C2CC2)cnc1-c1nc2cc(C(F)(F)F)cnc2n1C. The number of fused-ring (bicyclic) bond motifs is 1. The van der Waals surface area contributed by atoms with E-state index >= 15 is 0 Å². The number of thioether (sulfide) groups is 1. The van der Waals surface area contributed by atoms with Gasteiger partial charge in [0.1, 0.15) is 11.2 Å². The molecular formula is C18H17F3N4S. The molecule has 1 fully saturated rings. The molecule has 0 N–H and O–H groups in total. The summed E-state index contributed by atoms with van der Waals surface area (Å²) in [6.45, 7) is 2.06. The highest BCUT2D eigenvalue weighted by molar-refractivity contribution is 7.99. The van der Waals surface area contributed by atoms with Gasteiger partial charge in [-0.3, -0.25) is 4.98 Å². The summed E-state index contributed by atoms with van der Waals surface area (Å²) in [7, 11) is 1.75. The van der Waals surface area contributed by atoms with Crippen molar-refractivity contribution in [2.24, 2.45) is 7.05 Å². The third-order valence-corrected chi connectivity index (χ3v) is 5.38. The average molecular weight is 378 g/mol. The molecule has 0 unspecified atom stereocenters. The van der Waals surface area contributed by atoms with Crippen LogP contribution in [-0.2, 0) is 13.2 Å². The Bertz CT molecular complexity index is 976. The fourth-order valence-electron chi connectivity index (χ4n) is 2.98. The van der Waals surface area contributed by atoms with E-state index in [1.54, 1.807) is 23.4 Å². The van der Waals surface area contributed by atoms with Crippen LogP contribution in [0.3, 0.4) is 0 Å². The normalized spacial score (nSPS) is 15.0. The van der Waals surface area contributed by atoms with Crippen LogP contribution in [0.25, 0.3) is 22.7 Å². The highest BCUT2D eigenvalue weighted by Crippen LogP contribution is 2.42. The van der Waals surface area contributed by atoms with Gasteiger partial charge in [-0.1, -0.05) is 6.92 Å². The molecule has 0 aliphatic heterocycles. The zero-order valence-electron chi connectivity index (χ0n) is 14.3. The molecule has 8 heteroatoms. The minimum absolute atomic E-state index is 0.220. The van der Waals surface area contributed by atoms with Crippen LogP contribution in [0.2, 0.25) is 0 Å². The summed E-state index contributed by atoms with van der Waals surface area (Å²) in [6, 6.07) is 3.18. The Morgan fingerprint density at radius 3 is 2.62 bits per heavy atom. The lowest BCUT2D eigenvalue weighted by Crippen LogP contribution is -2.05. The maximum absolute atomic E-state index is 12.9. The van der Waals surface area contributed by atoms with E-state index in [9.17, 15) is 13.2 Å². The Morgan fingerprint density at radius 2 is 1.96 bits per heavy atom. The number of hydrogen-bond acceptors (Lipinski definition) is 4. The summed E-state index contributed by atoms with van der Waals surface area (Å²) in [6.07, 6.45) is 0.646. The molecule has 4 nitrogen and oxygen atoms in total. The first-order valence-electron chi connectivity index (χ1n) is 8.41. The number of aryl methyl sites for hydroxylation is 1. The van der Waals surface area contributed by atoms with Gasteiger partial charge in [-0.25, -0.2) is 9.97 Å². The van der Waals surface area contributed by atoms with Gasteiger partial charge < -0.3 is 4.57 Å². The number of nitrogens with zero attached hydrogens (tertiary/aromatic N) is 4. The Kier molecular flexibility index (Phi) is 4.17. The van der Waals surface area contributed by atoms with E-state index in [1.165, 1.54) is 18.4 Å². The lowest BCUT2D eigenvalue weighted by atomic mass is 10.2. The van der Waals surface area contributed by atoms with E-state index in [1.807, 2.05) is 6.20 Å². The number of imidazole rings is 1. The first-order valence-corrected chi connectivity index (χ1v) is 9.39. The monoisotopic (exact) mass is 378 g/mol. The fraction of sp³-hybridized carbons (Fsp3) is 0.389. The van der Waals surface area contributed by atoms with Crippen molar-refractivity contribution in [1.82, 2.24) is 19.5 Å². The van der Waals surface area contributed by atoms with Crippen molar-refractivity contribution in [1.29, 1.82) is 0 Å². The lowest BCUT2D eigenvalue weighted by Gasteiger charge is -2.09. The zero-order valence-corrected chi connectivity index (χ0v) is 15.2. The van der Waals surface area contributed by atoms with Gasteiger partial charge in [0.2, 0.25) is 0 Å². The van der Waals surface area contributed by atoms with Crippen LogP contribution in [0.15, 0.2) is 29.4 Å². The van der Waals surface area contributed by atoms with Gasteiger partial charge >= 0.3 is 6.18 Å². The van der Waals surface area contributed by atoms with E-state index in [-0.39, 0.29) is 5.52 Å². The molecule has 1 saturated carbocycles. The van der Waals surface area contributed by atoms with Crippen molar-refractivity contribution < 1.29 is 13.2 Å². The molecule has 0 saturated heterocycles. The maximum Gasteiger partial charge on any atom is 0.417 e. The number of hydrogen-bond donors (Lipinski definition) is 0. The van der Waals surface area contributed by atoms with Crippen LogP contribution in [0, 0.1) is 0 Å². The molecule has 0 amide bonds. The first-order chi connectivity index (χ1) is 12.4. The smallest absolute Gasteiger partial charge is 0.310 e. The highest BCUT2D eigenvalue weighted by Gasteiger charge is 2.32. The van der Waals surface area contributed by atoms with Gasteiger partial charge in [0.25, 0.3) is 0 Å². The van der Waals surface area contributed by atoms with E-state index in [4.69, 9.17) is 0 Å². The van der Waals surface area contributed by atoms with Gasteiger partial charge in [-0.2, -0.15) is 13.2 Å². The molecule has 0 aromatic carbocycles. The second kappa shape index (κ2) is 6.26. The number of rotatable bonds is 4. The van der Waals surface area contributed by atoms with Crippen molar-refractivity contribution in [3.05, 3.63) is 35.7 Å². The van der Waals surface area contributed by atoms with Crippen molar-refractivity contribution in [2.45, 2.75) is 36.8 Å². The largest absolute Gasteiger partial charge is 0.417 e. The summed E-state index contributed by atoms with van der Waals surface area (Å²) >= 11 is 1.67. The minimum Gasteiger partial charge on any atom is -0.310 e. The first kappa shape index (κ1) is 17.3. The van der Waals surface area contributed by atoms with Gasteiger partial charge in [0, 0.05) is 24.3 Å². The molecule has 26 heavy (non-hydrogen) atoms. The molecule has 1 aliphatic rings. The van der Waals surface area contributed by atoms with Crippen molar-refractivity contribution in [3.63, 3.8) is 0 Å². The maximum atomic E-state index is 12.9. The van der Waals surface area contributed by atoms with Gasteiger partial charge in [0.05, 0.1) is 5.56 Å². The van der Waals surface area contributed by atoms with Crippen LogP contribution < -0.4 is 0 Å². The van der Waals surface area contributed by atoms with Gasteiger partial charge in [-0.15, -0.1) is 11.8 Å². The average Bonchev–Trinajstić information content (AvgIpc) is 3.39. The molecule has 4 rings (SSSR count). The number of halogens is 3. The van der Waals surface area contributed by atoms with Crippen molar-refractivity contribution in [2.75, 3.05) is 5.75 Å². The Morgan fingerprint density at radius 1 is 1.19 bits per heavy atom. The standard InChI is InChI=1S/C18H17F3N4S/c1-3-26-14-6-11(10-4-5-10)8-22-15(14)17-24-13-7-12(18(19,20)21)9-23-16(13)25(17)2/h6-10H,3-5H2,1-2H3. The summed E-state index contributed by atoms with van der Waals surface area (Å²) in [5, 5.41) is 0. The minimum atomic E-state index is -4.44. The molecule has 136 valence electrons. The molecule has 3 aromatic rings. The lowest BCUT2D eigenvalue weighted by molar-refractivity contribution is -0.137. The molecule has 1 aliphatic carbocycles. The van der Waals surface area contributed by atoms with E-state index in [2.05, 4.69) is 27.9 Å². The number of alkyl halides is 3. The topological polar surface area (TPSA) is 43.6 Å². The van der Waals surface area contributed by atoms with Crippen molar-refractivity contribution in [3.8, 4) is 11.5 Å². The molecule has 3 heterocycles. The zero-order chi connectivity index (χ0) is 18.5. The third-order valence-electron chi connectivity index (χ3n) is 4.47. The van der Waals surface area contributed by atoms with Crippen LogP contribution in [0.1, 0.15) is 36.8 Å². The third kappa shape index (κ3) is 3.06. The highest BCUT2D eigenvalue weighted by atomic mass is 32.2. The number of aromatic nitrogens is 4. The van der Waals surface area contributed by atoms with E-state index in [0.29, 0.717) is 23.1 Å². The summed E-state index contributed by atoms with van der Waals surface area (Å²) < 4.78 is 40.5. The van der Waals surface area contributed by atoms with Crippen LogP contribution in [0.4, 0.5) is 13.2 Å². The Labute approximate surface area is 152 Å². The quantitative estimate of drug-likeness (QED) is 0.597. The van der Waals surface area contributed by atoms with Gasteiger partial charge in [0.15, 0.2) is 11.5 Å². The van der Waals surface area contributed by atoms with Crippen LogP contribution in [0.5, 0.6) is 0 Å². The predicted molar refractivity (Wildman–Crippen MR) is 95.1 cm³/mol. The molecule has 0 radical (unpaired) electrons. The predicted octanol–water partition coefficient (Wildman–Crippen LogP) is 5.04. The van der Waals surface area contributed by atoms with Crippen LogP contribution in [-0.4, -0.2) is 25.3 Å². The van der Waals surface area contributed by atoms with Crippen LogP contribution >= 0.6 is 11.8 Å². The molecule has 0 atom stereocenters. The Balaban J connectivity index is 1.84. The van der Waals surface area contributed by atoms with Crippen molar-refractivity contribution >= 4 is 22.9 Å². The summed E-state index contributed by atoms with van der Waals surface area (Å²) in [5.41, 5.74) is 1.75. The molecule has 0 spiro atoms. The van der Waals surface area contributed by atoms with E-state index < -0.39 is 11.7 Å². The molecule has 3 aromatic heterocycles. The second-order valence-electron chi connectivity index (χ2n) is 6.38. The van der Waals surface area contributed by atoms with E-state index in [0.717, 1.165) is 22.9 Å². The summed E-state index contributed by atoms with van der Waals surface area (Å²) in [5.74, 6) is 2.00. The Hall–Kier alpha value is -2.09. The molecular weight excluding hydrogens is 361 g/mol.